The van der Waals surface area contributed by atoms with E-state index < -0.39 is 5.41 Å². The lowest BCUT2D eigenvalue weighted by molar-refractivity contribution is 0.331. The van der Waals surface area contributed by atoms with Gasteiger partial charge in [0.05, 0.1) is 11.1 Å². The fraction of sp³-hybridized carbons (Fsp3) is 0.213. The number of nitrogens with zero attached hydrogens (tertiary/aromatic N) is 1. The highest BCUT2D eigenvalue weighted by Gasteiger charge is 2.48. The Balaban J connectivity index is 1.29. The molecule has 62 heavy (non-hydrogen) atoms. The molecular weight excluding hydrogens is 747 g/mol. The largest absolute Gasteiger partial charge is 0.310 e. The average molecular weight is 802 g/mol. The molecule has 1 nitrogen and oxygen atoms in total. The van der Waals surface area contributed by atoms with E-state index in [4.69, 9.17) is 0 Å². The van der Waals surface area contributed by atoms with E-state index in [1.807, 2.05) is 0 Å². The molecular formula is C61H55N. The third-order valence-electron chi connectivity index (χ3n) is 15.1. The summed E-state index contributed by atoms with van der Waals surface area (Å²) in [6, 6.07) is 69.0. The molecule has 3 aliphatic rings. The first-order valence-electron chi connectivity index (χ1n) is 22.6. The molecule has 8 aromatic carbocycles. The van der Waals surface area contributed by atoms with E-state index in [1.165, 1.54) is 95.6 Å². The van der Waals surface area contributed by atoms with E-state index in [9.17, 15) is 0 Å². The zero-order valence-corrected chi connectivity index (χ0v) is 37.2. The third kappa shape index (κ3) is 5.46. The Morgan fingerprint density at radius 1 is 0.371 bits per heavy atom. The fourth-order valence-electron chi connectivity index (χ4n) is 12.1. The van der Waals surface area contributed by atoms with Crippen molar-refractivity contribution in [3.63, 3.8) is 0 Å². The lowest BCUT2D eigenvalue weighted by atomic mass is 9.60. The Bertz CT molecular complexity index is 3000. The zero-order valence-electron chi connectivity index (χ0n) is 37.2. The summed E-state index contributed by atoms with van der Waals surface area (Å²) in [6.07, 6.45) is 2.31. The second-order valence-electron chi connectivity index (χ2n) is 20.0. The predicted molar refractivity (Wildman–Crippen MR) is 261 cm³/mol. The lowest BCUT2D eigenvalue weighted by Gasteiger charge is -2.44. The van der Waals surface area contributed by atoms with Crippen molar-refractivity contribution in [1.29, 1.82) is 0 Å². The van der Waals surface area contributed by atoms with Crippen LogP contribution in [0.15, 0.2) is 182 Å². The molecule has 0 radical (unpaired) electrons. The SMILES string of the molecule is Cc1ccc(-c2cc3c(cc2N(c2ccccc2)c2ccc4c(c2)C(C)(C)c2ccccc2-4)C(c2ccccc2)(c2ccccc2)c2ccccc2-3)c2c1C(C)(C)CCC2(C)C. The number of hydrogen-bond donors (Lipinski definition) is 0. The van der Waals surface area contributed by atoms with Crippen LogP contribution < -0.4 is 4.90 Å². The standard InChI is InChI=1S/C61H55N/c1-40-31-33-48(57-56(40)58(2,3)35-36-59(57,4)5)50-38-49-46-28-18-20-30-52(46)61(41-21-11-8-12-22-41,42-23-13-9-14-24-42)54(49)39-55(50)62(43-25-15-10-16-26-43)44-32-34-47-45-27-17-19-29-51(45)60(6,7)53(47)37-44/h8-34,37-39H,35-36H2,1-7H3. The monoisotopic (exact) mass is 801 g/mol. The van der Waals surface area contributed by atoms with Crippen LogP contribution in [-0.4, -0.2) is 0 Å². The maximum Gasteiger partial charge on any atom is 0.0714 e. The molecule has 8 aromatic rings. The summed E-state index contributed by atoms with van der Waals surface area (Å²) in [6.45, 7) is 17.0. The zero-order chi connectivity index (χ0) is 42.6. The summed E-state index contributed by atoms with van der Waals surface area (Å²) in [5.41, 5.74) is 23.1. The minimum Gasteiger partial charge on any atom is -0.310 e. The summed E-state index contributed by atoms with van der Waals surface area (Å²) in [7, 11) is 0. The van der Waals surface area contributed by atoms with Gasteiger partial charge < -0.3 is 4.90 Å². The average Bonchev–Trinajstić information content (AvgIpc) is 3.71. The molecule has 0 atom stereocenters. The van der Waals surface area contributed by atoms with Crippen LogP contribution in [0.1, 0.15) is 104 Å². The Kier molecular flexibility index (Phi) is 8.55. The van der Waals surface area contributed by atoms with Gasteiger partial charge in [0.15, 0.2) is 0 Å². The van der Waals surface area contributed by atoms with Gasteiger partial charge in [-0.25, -0.2) is 0 Å². The third-order valence-corrected chi connectivity index (χ3v) is 15.1. The number of fused-ring (bicyclic) bond motifs is 7. The molecule has 11 rings (SSSR count). The summed E-state index contributed by atoms with van der Waals surface area (Å²) >= 11 is 0. The summed E-state index contributed by atoms with van der Waals surface area (Å²) < 4.78 is 0. The van der Waals surface area contributed by atoms with Gasteiger partial charge in [-0.1, -0.05) is 187 Å². The van der Waals surface area contributed by atoms with Crippen LogP contribution >= 0.6 is 0 Å². The number of para-hydroxylation sites is 1. The quantitative estimate of drug-likeness (QED) is 0.162. The number of hydrogen-bond acceptors (Lipinski definition) is 1. The second kappa shape index (κ2) is 13.8. The van der Waals surface area contributed by atoms with Gasteiger partial charge in [-0.3, -0.25) is 0 Å². The highest BCUT2D eigenvalue weighted by atomic mass is 15.1. The number of anilines is 3. The smallest absolute Gasteiger partial charge is 0.0714 e. The minimum absolute atomic E-state index is 0.0147. The van der Waals surface area contributed by atoms with E-state index in [0.717, 1.165) is 17.8 Å². The predicted octanol–water partition coefficient (Wildman–Crippen LogP) is 16.2. The molecule has 0 unspecified atom stereocenters. The molecule has 0 aromatic heterocycles. The Morgan fingerprint density at radius 2 is 0.887 bits per heavy atom. The maximum absolute atomic E-state index is 2.60. The van der Waals surface area contributed by atoms with Crippen LogP contribution in [0.3, 0.4) is 0 Å². The molecule has 0 N–H and O–H groups in total. The van der Waals surface area contributed by atoms with Crippen LogP contribution in [0.2, 0.25) is 0 Å². The van der Waals surface area contributed by atoms with Gasteiger partial charge in [-0.15, -0.1) is 0 Å². The first-order valence-corrected chi connectivity index (χ1v) is 22.6. The minimum atomic E-state index is -0.542. The van der Waals surface area contributed by atoms with Gasteiger partial charge in [0.1, 0.15) is 0 Å². The van der Waals surface area contributed by atoms with Crippen LogP contribution in [0.25, 0.3) is 33.4 Å². The van der Waals surface area contributed by atoms with Crippen LogP contribution in [0.5, 0.6) is 0 Å². The molecule has 0 amide bonds. The molecule has 0 saturated carbocycles. The number of benzene rings is 8. The van der Waals surface area contributed by atoms with Crippen molar-refractivity contribution in [2.45, 2.75) is 83.0 Å². The van der Waals surface area contributed by atoms with Crippen LogP contribution in [0.4, 0.5) is 17.1 Å². The van der Waals surface area contributed by atoms with E-state index in [1.54, 1.807) is 0 Å². The van der Waals surface area contributed by atoms with E-state index >= 15 is 0 Å². The molecule has 0 aliphatic heterocycles. The molecule has 0 bridgehead atoms. The van der Waals surface area contributed by atoms with Crippen molar-refractivity contribution < 1.29 is 0 Å². The van der Waals surface area contributed by atoms with Crippen LogP contribution in [0, 0.1) is 6.92 Å². The van der Waals surface area contributed by atoms with E-state index in [0.29, 0.717) is 0 Å². The fourth-order valence-corrected chi connectivity index (χ4v) is 12.1. The Hall–Kier alpha value is -6.44. The first kappa shape index (κ1) is 38.5. The van der Waals surface area contributed by atoms with Gasteiger partial charge >= 0.3 is 0 Å². The summed E-state index contributed by atoms with van der Waals surface area (Å²) in [5.74, 6) is 0. The highest BCUT2D eigenvalue weighted by Crippen LogP contribution is 2.61. The molecule has 0 heterocycles. The Morgan fingerprint density at radius 3 is 1.53 bits per heavy atom. The number of rotatable bonds is 6. The molecule has 304 valence electrons. The normalized spacial score (nSPS) is 16.7. The first-order chi connectivity index (χ1) is 29.9. The lowest BCUT2D eigenvalue weighted by Crippen LogP contribution is -2.35. The second-order valence-corrected chi connectivity index (χ2v) is 20.0. The van der Waals surface area contributed by atoms with Gasteiger partial charge in [0.2, 0.25) is 0 Å². The molecule has 0 fully saturated rings. The molecule has 1 heteroatoms. The van der Waals surface area contributed by atoms with Crippen molar-refractivity contribution in [3.05, 3.63) is 232 Å². The van der Waals surface area contributed by atoms with Crippen molar-refractivity contribution in [2.75, 3.05) is 4.90 Å². The van der Waals surface area contributed by atoms with E-state index in [-0.39, 0.29) is 16.2 Å². The molecule has 0 spiro atoms. The number of aryl methyl sites for hydroxylation is 1. The molecule has 3 aliphatic carbocycles. The van der Waals surface area contributed by atoms with Crippen molar-refractivity contribution in [2.24, 2.45) is 0 Å². The van der Waals surface area contributed by atoms with Crippen molar-refractivity contribution >= 4 is 17.1 Å². The highest BCUT2D eigenvalue weighted by molar-refractivity contribution is 5.98. The summed E-state index contributed by atoms with van der Waals surface area (Å²) in [5, 5.41) is 0. The van der Waals surface area contributed by atoms with Gasteiger partial charge in [-0.2, -0.15) is 0 Å². The van der Waals surface area contributed by atoms with Crippen LogP contribution in [-0.2, 0) is 21.7 Å². The van der Waals surface area contributed by atoms with Crippen molar-refractivity contribution in [3.8, 4) is 33.4 Å². The summed E-state index contributed by atoms with van der Waals surface area (Å²) in [4.78, 5) is 2.58. The van der Waals surface area contributed by atoms with Gasteiger partial charge in [-0.05, 0) is 145 Å². The van der Waals surface area contributed by atoms with E-state index in [2.05, 4.69) is 235 Å². The van der Waals surface area contributed by atoms with Gasteiger partial charge in [0.25, 0.3) is 0 Å². The van der Waals surface area contributed by atoms with Gasteiger partial charge in [0, 0.05) is 22.4 Å². The molecule has 0 saturated heterocycles. The Labute approximate surface area is 368 Å². The maximum atomic E-state index is 2.60. The van der Waals surface area contributed by atoms with Crippen molar-refractivity contribution in [1.82, 2.24) is 0 Å². The topological polar surface area (TPSA) is 3.24 Å².